The fourth-order valence-electron chi connectivity index (χ4n) is 6.86. The number of carbonyl (C=O) groups is 2. The molecule has 7 rings (SSSR count). The van der Waals surface area contributed by atoms with E-state index in [0.29, 0.717) is 78.7 Å². The summed E-state index contributed by atoms with van der Waals surface area (Å²) in [6, 6.07) is 19.1. The van der Waals surface area contributed by atoms with Gasteiger partial charge in [0.25, 0.3) is 0 Å². The lowest BCUT2D eigenvalue weighted by atomic mass is 10.1. The molecule has 3 aromatic carbocycles. The van der Waals surface area contributed by atoms with E-state index in [4.69, 9.17) is 42.1 Å². The maximum absolute atomic E-state index is 11.9. The number of rotatable bonds is 10. The molecule has 0 N–H and O–H groups in total. The zero-order chi connectivity index (χ0) is 36.2. The molecule has 0 aliphatic carbocycles. The fraction of sp³-hybridized carbons (Fsp3) is 0.395. The van der Waals surface area contributed by atoms with Crippen LogP contribution >= 0.6 is 23.2 Å². The van der Waals surface area contributed by atoms with Crippen molar-refractivity contribution in [3.05, 3.63) is 95.0 Å². The van der Waals surface area contributed by atoms with Crippen molar-refractivity contribution in [3.63, 3.8) is 0 Å². The Labute approximate surface area is 313 Å². The van der Waals surface area contributed by atoms with E-state index in [1.807, 2.05) is 69.1 Å². The normalized spacial score (nSPS) is 20.7. The summed E-state index contributed by atoms with van der Waals surface area (Å²) in [6.07, 6.45) is 4.82. The van der Waals surface area contributed by atoms with E-state index in [2.05, 4.69) is 14.8 Å². The summed E-state index contributed by atoms with van der Waals surface area (Å²) in [4.78, 5) is 36.1. The molecule has 12 nitrogen and oxygen atoms in total. The first-order valence-corrected chi connectivity index (χ1v) is 18.2. The van der Waals surface area contributed by atoms with Crippen LogP contribution in [0.1, 0.15) is 19.4 Å². The Hall–Kier alpha value is -4.49. The maximum atomic E-state index is 11.9. The van der Waals surface area contributed by atoms with E-state index in [-0.39, 0.29) is 25.0 Å². The van der Waals surface area contributed by atoms with Gasteiger partial charge in [0.2, 0.25) is 17.6 Å². The molecule has 3 aliphatic heterocycles. The summed E-state index contributed by atoms with van der Waals surface area (Å²) in [5.41, 5.74) is 2.71. The highest BCUT2D eigenvalue weighted by molar-refractivity contribution is 6.35. The Morgan fingerprint density at radius 3 is 2.10 bits per heavy atom. The summed E-state index contributed by atoms with van der Waals surface area (Å²) in [6.45, 7) is 9.70. The maximum Gasteiger partial charge on any atom is 0.219 e. The van der Waals surface area contributed by atoms with Crippen molar-refractivity contribution < 1.29 is 28.5 Å². The van der Waals surface area contributed by atoms with Crippen LogP contribution in [0.4, 0.5) is 11.4 Å². The van der Waals surface area contributed by atoms with E-state index < -0.39 is 11.9 Å². The second-order valence-corrected chi connectivity index (χ2v) is 14.0. The molecule has 274 valence electrons. The minimum absolute atomic E-state index is 0.0853. The number of benzene rings is 3. The van der Waals surface area contributed by atoms with Gasteiger partial charge in [-0.1, -0.05) is 29.3 Å². The number of imidazole rings is 1. The Bertz CT molecular complexity index is 1860. The molecule has 0 bridgehead atoms. The SMILES string of the molecule is CC(=O)N1CCN(c2ccc(Oc3cc(N4CCN(C(C)=O)CC4)ccc3OC[C@H]3CO[C@@](Cn4ccnc4)(c4ccc(Cl)cc4Cl)O3)cc2)CC1. The van der Waals surface area contributed by atoms with Gasteiger partial charge in [0.1, 0.15) is 18.5 Å². The Morgan fingerprint density at radius 2 is 1.48 bits per heavy atom. The molecule has 4 aromatic rings. The zero-order valence-electron chi connectivity index (χ0n) is 29.2. The highest BCUT2D eigenvalue weighted by Crippen LogP contribution is 2.42. The standard InChI is InChI=1S/C38H42Cl2N6O6/c1-27(47)43-13-17-45(18-14-43)30-4-7-32(8-5-30)51-37-22-31(46-19-15-44(16-20-46)28(2)48)6-10-36(37)49-23-33-24-50-38(52-33,25-42-12-11-41-26-42)34-9-3-29(39)21-35(34)40/h3-12,21-22,26,33H,13-20,23-25H2,1-2H3/t33-,38+/m0/s1. The largest absolute Gasteiger partial charge is 0.487 e. The van der Waals surface area contributed by atoms with Crippen LogP contribution in [0.5, 0.6) is 17.2 Å². The van der Waals surface area contributed by atoms with E-state index in [1.54, 1.807) is 38.5 Å². The summed E-state index contributed by atoms with van der Waals surface area (Å²) in [5, 5.41) is 0.956. The second kappa shape index (κ2) is 15.6. The first-order valence-electron chi connectivity index (χ1n) is 17.4. The predicted molar refractivity (Wildman–Crippen MR) is 199 cm³/mol. The Morgan fingerprint density at radius 1 is 0.827 bits per heavy atom. The molecule has 0 spiro atoms. The molecule has 0 saturated carbocycles. The van der Waals surface area contributed by atoms with E-state index in [1.165, 1.54) is 0 Å². The molecule has 2 amide bonds. The molecular formula is C38H42Cl2N6O6. The van der Waals surface area contributed by atoms with Gasteiger partial charge in [0.15, 0.2) is 11.5 Å². The molecule has 52 heavy (non-hydrogen) atoms. The van der Waals surface area contributed by atoms with Crippen LogP contribution < -0.4 is 19.3 Å². The molecule has 14 heteroatoms. The van der Waals surface area contributed by atoms with E-state index in [9.17, 15) is 9.59 Å². The number of aromatic nitrogens is 2. The van der Waals surface area contributed by atoms with Gasteiger partial charge in [0, 0.05) is 107 Å². The Balaban J connectivity index is 1.08. The van der Waals surface area contributed by atoms with Crippen molar-refractivity contribution in [2.75, 3.05) is 75.4 Å². The van der Waals surface area contributed by atoms with Crippen LogP contribution in [0.3, 0.4) is 0 Å². The number of amides is 2. The van der Waals surface area contributed by atoms with Gasteiger partial charge < -0.3 is 43.1 Å². The van der Waals surface area contributed by atoms with Crippen LogP contribution in [0.25, 0.3) is 0 Å². The average Bonchev–Trinajstić information content (AvgIpc) is 3.82. The van der Waals surface area contributed by atoms with Crippen molar-refractivity contribution in [1.29, 1.82) is 0 Å². The molecule has 0 unspecified atom stereocenters. The number of anilines is 2. The first kappa shape index (κ1) is 35.9. The number of carbonyl (C=O) groups excluding carboxylic acids is 2. The molecule has 2 atom stereocenters. The molecule has 4 heterocycles. The van der Waals surface area contributed by atoms with Gasteiger partial charge in [0.05, 0.1) is 24.5 Å². The van der Waals surface area contributed by atoms with E-state index in [0.717, 1.165) is 24.5 Å². The molecular weight excluding hydrogens is 707 g/mol. The van der Waals surface area contributed by atoms with Crippen molar-refractivity contribution in [2.45, 2.75) is 32.3 Å². The van der Waals surface area contributed by atoms with Crippen molar-refractivity contribution in [1.82, 2.24) is 19.4 Å². The van der Waals surface area contributed by atoms with Gasteiger partial charge in [-0.3, -0.25) is 9.59 Å². The average molecular weight is 750 g/mol. The summed E-state index contributed by atoms with van der Waals surface area (Å²) >= 11 is 12.9. The third-order valence-corrected chi connectivity index (χ3v) is 10.3. The molecule has 3 fully saturated rings. The zero-order valence-corrected chi connectivity index (χ0v) is 30.8. The van der Waals surface area contributed by atoms with Gasteiger partial charge in [-0.15, -0.1) is 0 Å². The molecule has 3 aliphatic rings. The topological polar surface area (TPSA) is 102 Å². The number of halogens is 2. The van der Waals surface area contributed by atoms with Gasteiger partial charge in [-0.25, -0.2) is 4.98 Å². The fourth-order valence-corrected chi connectivity index (χ4v) is 7.41. The number of hydrogen-bond donors (Lipinski definition) is 0. The minimum Gasteiger partial charge on any atom is -0.487 e. The lowest BCUT2D eigenvalue weighted by Gasteiger charge is -2.36. The Kier molecular flexibility index (Phi) is 10.8. The van der Waals surface area contributed by atoms with Crippen molar-refractivity contribution >= 4 is 46.4 Å². The molecule has 3 saturated heterocycles. The van der Waals surface area contributed by atoms with Gasteiger partial charge in [-0.05, 0) is 48.5 Å². The number of piperazine rings is 2. The van der Waals surface area contributed by atoms with Gasteiger partial charge >= 0.3 is 0 Å². The third kappa shape index (κ3) is 8.10. The molecule has 1 aromatic heterocycles. The lowest BCUT2D eigenvalue weighted by molar-refractivity contribution is -0.189. The monoisotopic (exact) mass is 748 g/mol. The quantitative estimate of drug-likeness (QED) is 0.203. The number of nitrogens with zero attached hydrogens (tertiary/aromatic N) is 6. The smallest absolute Gasteiger partial charge is 0.219 e. The number of hydrogen-bond acceptors (Lipinski definition) is 9. The van der Waals surface area contributed by atoms with Crippen molar-refractivity contribution in [3.8, 4) is 17.2 Å². The lowest BCUT2D eigenvalue weighted by Crippen LogP contribution is -2.48. The minimum atomic E-state index is -1.18. The van der Waals surface area contributed by atoms with Crippen LogP contribution in [0, 0.1) is 0 Å². The predicted octanol–water partition coefficient (Wildman–Crippen LogP) is 5.67. The van der Waals surface area contributed by atoms with Crippen LogP contribution in [-0.2, 0) is 31.4 Å². The summed E-state index contributed by atoms with van der Waals surface area (Å²) in [7, 11) is 0. The van der Waals surface area contributed by atoms with E-state index >= 15 is 0 Å². The second-order valence-electron chi connectivity index (χ2n) is 13.2. The highest BCUT2D eigenvalue weighted by atomic mass is 35.5. The highest BCUT2D eigenvalue weighted by Gasteiger charge is 2.45. The number of ether oxygens (including phenoxy) is 4. The summed E-state index contributed by atoms with van der Waals surface area (Å²) < 4.78 is 27.8. The van der Waals surface area contributed by atoms with Crippen LogP contribution in [0.2, 0.25) is 10.0 Å². The summed E-state index contributed by atoms with van der Waals surface area (Å²) in [5.74, 6) is 0.779. The van der Waals surface area contributed by atoms with Crippen molar-refractivity contribution in [2.24, 2.45) is 0 Å². The third-order valence-electron chi connectivity index (χ3n) is 9.75. The molecule has 0 radical (unpaired) electrons. The van der Waals surface area contributed by atoms with Crippen LogP contribution in [0.15, 0.2) is 79.4 Å². The van der Waals surface area contributed by atoms with Gasteiger partial charge in [-0.2, -0.15) is 0 Å². The van der Waals surface area contributed by atoms with Crippen LogP contribution in [-0.4, -0.2) is 103 Å². The first-order chi connectivity index (χ1) is 25.2.